The molecule has 8 heteroatoms. The summed E-state index contributed by atoms with van der Waals surface area (Å²) in [7, 11) is 1.58. The third kappa shape index (κ3) is 2.58. The number of para-hydroxylation sites is 1. The van der Waals surface area contributed by atoms with Crippen molar-refractivity contribution < 1.29 is 9.15 Å². The third-order valence-electron chi connectivity index (χ3n) is 5.49. The molecule has 0 aliphatic carbocycles. The van der Waals surface area contributed by atoms with Crippen LogP contribution < -0.4 is 15.0 Å². The van der Waals surface area contributed by atoms with Gasteiger partial charge in [-0.15, -0.1) is 0 Å². The second kappa shape index (κ2) is 6.57. The number of hydrogen-bond donors (Lipinski definition) is 2. The maximum Gasteiger partial charge on any atom is 0.213 e. The maximum absolute atomic E-state index is 8.35. The number of anilines is 1. The van der Waals surface area contributed by atoms with Crippen molar-refractivity contribution in [3.05, 3.63) is 76.3 Å². The third-order valence-corrected chi connectivity index (χ3v) is 6.26. The first kappa shape index (κ1) is 18.1. The highest BCUT2D eigenvalue weighted by atomic mass is 35.5. The highest BCUT2D eigenvalue weighted by Crippen LogP contribution is 2.49. The molecule has 29 heavy (non-hydrogen) atoms. The van der Waals surface area contributed by atoms with E-state index in [0.717, 1.165) is 28.3 Å². The van der Waals surface area contributed by atoms with Crippen LogP contribution in [0.4, 0.5) is 5.69 Å². The molecule has 1 unspecified atom stereocenters. The van der Waals surface area contributed by atoms with Gasteiger partial charge < -0.3 is 19.4 Å². The van der Waals surface area contributed by atoms with Gasteiger partial charge in [-0.1, -0.05) is 30.4 Å². The van der Waals surface area contributed by atoms with Crippen molar-refractivity contribution in [2.24, 2.45) is 0 Å². The van der Waals surface area contributed by atoms with Gasteiger partial charge in [0.15, 0.2) is 5.22 Å². The lowest BCUT2D eigenvalue weighted by atomic mass is 9.74. The van der Waals surface area contributed by atoms with E-state index < -0.39 is 5.41 Å². The van der Waals surface area contributed by atoms with Gasteiger partial charge >= 0.3 is 0 Å². The molecule has 2 aromatic heterocycles. The molecule has 146 valence electrons. The molecule has 0 radical (unpaired) electrons. The Morgan fingerprint density at radius 2 is 2.10 bits per heavy atom. The molecule has 5 rings (SSSR count). The number of amidine groups is 1. The van der Waals surface area contributed by atoms with E-state index in [-0.39, 0.29) is 0 Å². The summed E-state index contributed by atoms with van der Waals surface area (Å²) in [5.74, 6) is 1.55. The molecule has 0 saturated carbocycles. The topological polar surface area (TPSA) is 74.4 Å². The number of nitrogens with zero attached hydrogens (tertiary/aromatic N) is 2. The molecule has 0 fully saturated rings. The number of pyridine rings is 1. The van der Waals surface area contributed by atoms with Gasteiger partial charge in [0.1, 0.15) is 22.0 Å². The second-order valence-corrected chi connectivity index (χ2v) is 7.76. The van der Waals surface area contributed by atoms with Crippen LogP contribution in [0.15, 0.2) is 52.9 Å². The van der Waals surface area contributed by atoms with Crippen molar-refractivity contribution in [2.45, 2.75) is 12.0 Å². The molecule has 0 amide bonds. The summed E-state index contributed by atoms with van der Waals surface area (Å²) in [5.41, 5.74) is 2.81. The van der Waals surface area contributed by atoms with Crippen molar-refractivity contribution in [1.29, 1.82) is 5.41 Å². The van der Waals surface area contributed by atoms with Gasteiger partial charge in [-0.2, -0.15) is 0 Å². The Bertz CT molecular complexity index is 1160. The van der Waals surface area contributed by atoms with Crippen LogP contribution in [0.1, 0.15) is 22.6 Å². The van der Waals surface area contributed by atoms with E-state index in [9.17, 15) is 0 Å². The first-order valence-corrected chi connectivity index (χ1v) is 9.87. The van der Waals surface area contributed by atoms with Crippen molar-refractivity contribution in [3.63, 3.8) is 0 Å². The van der Waals surface area contributed by atoms with Crippen LogP contribution in [0.2, 0.25) is 5.22 Å². The number of halogens is 1. The van der Waals surface area contributed by atoms with Crippen molar-refractivity contribution >= 4 is 40.3 Å². The van der Waals surface area contributed by atoms with Gasteiger partial charge in [0.2, 0.25) is 5.88 Å². The average molecular weight is 425 g/mol. The van der Waals surface area contributed by atoms with Crippen LogP contribution in [-0.4, -0.2) is 29.5 Å². The van der Waals surface area contributed by atoms with Gasteiger partial charge in [-0.25, -0.2) is 4.98 Å². The van der Waals surface area contributed by atoms with Gasteiger partial charge in [0.05, 0.1) is 19.3 Å². The van der Waals surface area contributed by atoms with Crippen LogP contribution in [0, 0.1) is 5.41 Å². The zero-order valence-electron chi connectivity index (χ0n) is 15.5. The summed E-state index contributed by atoms with van der Waals surface area (Å²) in [5, 5.41) is 11.9. The molecule has 2 N–H and O–H groups in total. The average Bonchev–Trinajstić information content (AvgIpc) is 3.26. The van der Waals surface area contributed by atoms with E-state index in [2.05, 4.69) is 16.3 Å². The van der Waals surface area contributed by atoms with E-state index in [1.165, 1.54) is 0 Å². The summed E-state index contributed by atoms with van der Waals surface area (Å²) in [6, 6.07) is 15.3. The van der Waals surface area contributed by atoms with Gasteiger partial charge in [-0.05, 0) is 41.4 Å². The summed E-state index contributed by atoms with van der Waals surface area (Å²) >= 11 is 12.0. The van der Waals surface area contributed by atoms with Crippen molar-refractivity contribution in [1.82, 2.24) is 10.3 Å². The second-order valence-electron chi connectivity index (χ2n) is 7.00. The largest absolute Gasteiger partial charge is 0.481 e. The number of nitrogens with one attached hydrogen (secondary N) is 2. The van der Waals surface area contributed by atoms with E-state index in [4.69, 9.17) is 43.4 Å². The minimum Gasteiger partial charge on any atom is -0.481 e. The summed E-state index contributed by atoms with van der Waals surface area (Å²) in [6.07, 6.45) is 0. The molecule has 0 saturated heterocycles. The Morgan fingerprint density at radius 1 is 1.28 bits per heavy atom. The quantitative estimate of drug-likeness (QED) is 0.621. The van der Waals surface area contributed by atoms with Gasteiger partial charge in [-0.3, -0.25) is 5.41 Å². The van der Waals surface area contributed by atoms with Gasteiger partial charge in [0, 0.05) is 23.9 Å². The SMILES string of the molecule is COc1ccc2c(n1)C1(CNC2=N)C(=S)N(Cc2ccc(Cl)o2)c2ccccc21. The Balaban J connectivity index is 1.71. The van der Waals surface area contributed by atoms with Crippen LogP contribution >= 0.6 is 23.8 Å². The first-order valence-electron chi connectivity index (χ1n) is 9.08. The molecule has 1 spiro atoms. The monoisotopic (exact) mass is 424 g/mol. The first-order chi connectivity index (χ1) is 14.0. The number of thiocarbonyl (C=S) groups is 1. The number of hydrogen-bond acceptors (Lipinski definition) is 5. The lowest BCUT2D eigenvalue weighted by Crippen LogP contribution is -2.53. The Kier molecular flexibility index (Phi) is 4.11. The van der Waals surface area contributed by atoms with E-state index in [1.807, 2.05) is 30.3 Å². The summed E-state index contributed by atoms with van der Waals surface area (Å²) < 4.78 is 11.0. The van der Waals surface area contributed by atoms with E-state index in [0.29, 0.717) is 35.0 Å². The fraction of sp³-hybridized carbons (Fsp3) is 0.190. The predicted octanol–water partition coefficient (Wildman–Crippen LogP) is 3.90. The highest BCUT2D eigenvalue weighted by molar-refractivity contribution is 7.80. The van der Waals surface area contributed by atoms with Crippen LogP contribution in [0.25, 0.3) is 0 Å². The minimum atomic E-state index is -0.684. The minimum absolute atomic E-state index is 0.331. The number of methoxy groups -OCH3 is 1. The number of aromatic nitrogens is 1. The molecule has 6 nitrogen and oxygen atoms in total. The fourth-order valence-electron chi connectivity index (χ4n) is 4.16. The Labute approximate surface area is 178 Å². The number of benzene rings is 1. The highest BCUT2D eigenvalue weighted by Gasteiger charge is 2.53. The maximum atomic E-state index is 8.35. The van der Waals surface area contributed by atoms with Crippen LogP contribution in [-0.2, 0) is 12.0 Å². The molecular weight excluding hydrogens is 408 g/mol. The van der Waals surface area contributed by atoms with Gasteiger partial charge in [0.25, 0.3) is 0 Å². The summed E-state index contributed by atoms with van der Waals surface area (Å²) in [6.45, 7) is 0.908. The molecule has 4 heterocycles. The number of furan rings is 1. The number of ether oxygens (including phenoxy) is 1. The predicted molar refractivity (Wildman–Crippen MR) is 115 cm³/mol. The normalized spacial score (nSPS) is 19.9. The van der Waals surface area contributed by atoms with Crippen LogP contribution in [0.3, 0.4) is 0 Å². The molecular formula is C21H17ClN4O2S. The van der Waals surface area contributed by atoms with E-state index >= 15 is 0 Å². The van der Waals surface area contributed by atoms with Crippen molar-refractivity contribution in [2.75, 3.05) is 18.6 Å². The van der Waals surface area contributed by atoms with Crippen molar-refractivity contribution in [3.8, 4) is 5.88 Å². The van der Waals surface area contributed by atoms with Crippen LogP contribution in [0.5, 0.6) is 5.88 Å². The molecule has 0 bridgehead atoms. The molecule has 3 aromatic rings. The Morgan fingerprint density at radius 3 is 2.86 bits per heavy atom. The van der Waals surface area contributed by atoms with E-state index in [1.54, 1.807) is 19.2 Å². The fourth-order valence-corrected chi connectivity index (χ4v) is 4.76. The molecule has 1 aromatic carbocycles. The lowest BCUT2D eigenvalue weighted by Gasteiger charge is -2.36. The lowest BCUT2D eigenvalue weighted by molar-refractivity contribution is 0.393. The molecule has 2 aliphatic heterocycles. The molecule has 2 aliphatic rings. The standard InChI is InChI=1S/C21H17ClN4O2S/c1-27-17-9-7-13-18(25-17)21(11-24-19(13)23)14-4-2-3-5-15(14)26(20(21)29)10-12-6-8-16(22)28-12/h2-9H,10-11H2,1H3,(H2,23,24). The number of rotatable bonds is 3. The summed E-state index contributed by atoms with van der Waals surface area (Å²) in [4.78, 5) is 7.51. The Hall–Kier alpha value is -2.90. The zero-order chi connectivity index (χ0) is 20.2. The zero-order valence-corrected chi connectivity index (χ0v) is 17.1. The smallest absolute Gasteiger partial charge is 0.213 e. The number of fused-ring (bicyclic) bond motifs is 4. The molecule has 1 atom stereocenters.